The normalized spacial score (nSPS) is 14.4. The third-order valence-electron chi connectivity index (χ3n) is 2.80. The van der Waals surface area contributed by atoms with Gasteiger partial charge in [0.15, 0.2) is 0 Å². The average Bonchev–Trinajstić information content (AvgIpc) is 2.51. The molecule has 6 heteroatoms. The molecule has 0 aliphatic heterocycles. The first-order chi connectivity index (χ1) is 11.0. The molecule has 0 aliphatic rings. The highest BCUT2D eigenvalue weighted by Gasteiger charge is 2.21. The first-order valence-corrected chi connectivity index (χ1v) is 7.60. The van der Waals surface area contributed by atoms with Gasteiger partial charge in [-0.2, -0.15) is 0 Å². The number of ether oxygens (including phenoxy) is 4. The van der Waals surface area contributed by atoms with Crippen molar-refractivity contribution in [1.29, 1.82) is 0 Å². The molecule has 0 aliphatic carbocycles. The molecule has 6 nitrogen and oxygen atoms in total. The van der Waals surface area contributed by atoms with E-state index in [1.807, 2.05) is 18.2 Å². The summed E-state index contributed by atoms with van der Waals surface area (Å²) in [5.74, 6) is -0.493. The molecule has 2 unspecified atom stereocenters. The Morgan fingerprint density at radius 1 is 1.13 bits per heavy atom. The number of carbonyl (C=O) groups is 1. The van der Waals surface area contributed by atoms with Crippen LogP contribution < -0.4 is 4.74 Å². The van der Waals surface area contributed by atoms with Crippen molar-refractivity contribution >= 4 is 5.97 Å². The summed E-state index contributed by atoms with van der Waals surface area (Å²) >= 11 is 0. The summed E-state index contributed by atoms with van der Waals surface area (Å²) in [7, 11) is 0. The molecule has 1 N–H and O–H groups in total. The second-order valence-corrected chi connectivity index (χ2v) is 4.66. The van der Waals surface area contributed by atoms with Crippen LogP contribution in [0, 0.1) is 0 Å². The van der Waals surface area contributed by atoms with E-state index in [9.17, 15) is 9.90 Å². The van der Waals surface area contributed by atoms with E-state index in [2.05, 4.69) is 0 Å². The maximum Gasteiger partial charge on any atom is 0.374 e. The number of para-hydroxylation sites is 1. The monoisotopic (exact) mass is 324 g/mol. The van der Waals surface area contributed by atoms with Gasteiger partial charge in [0.05, 0.1) is 6.61 Å². The average molecular weight is 324 g/mol. The highest BCUT2D eigenvalue weighted by Crippen LogP contribution is 2.17. The first-order valence-electron chi connectivity index (χ1n) is 7.60. The molecule has 0 aromatic heterocycles. The van der Waals surface area contributed by atoms with Crippen molar-refractivity contribution < 1.29 is 28.8 Å². The summed E-state index contributed by atoms with van der Waals surface area (Å²) in [6, 6.07) is 9.19. The Balaban J connectivity index is 2.65. The predicted molar refractivity (Wildman–Crippen MR) is 84.7 cm³/mol. The van der Waals surface area contributed by atoms with Crippen LogP contribution in [-0.2, 0) is 19.0 Å². The molecule has 0 bridgehead atoms. The van der Waals surface area contributed by atoms with E-state index in [4.69, 9.17) is 18.9 Å². The Kier molecular flexibility index (Phi) is 7.97. The fourth-order valence-electron chi connectivity index (χ4n) is 1.92. The van der Waals surface area contributed by atoms with E-state index in [1.165, 1.54) is 0 Å². The number of hydrogen-bond acceptors (Lipinski definition) is 5. The van der Waals surface area contributed by atoms with Crippen molar-refractivity contribution in [2.24, 2.45) is 0 Å². The Labute approximate surface area is 136 Å². The van der Waals surface area contributed by atoms with Crippen LogP contribution in [0.5, 0.6) is 5.75 Å². The van der Waals surface area contributed by atoms with Gasteiger partial charge in [0, 0.05) is 6.42 Å². The standard InChI is InChI=1S/C17H24O6/c1-5-15(20-6-2)16(17(18)19)23-13(4)21-12(3)22-14-10-8-7-9-11-14/h7-13H,5-6H2,1-4H3,(H,18,19)/b16-15+. The van der Waals surface area contributed by atoms with Crippen LogP contribution in [-0.4, -0.2) is 30.3 Å². The number of benzene rings is 1. The van der Waals surface area contributed by atoms with Crippen molar-refractivity contribution in [3.63, 3.8) is 0 Å². The van der Waals surface area contributed by atoms with Gasteiger partial charge in [-0.15, -0.1) is 0 Å². The van der Waals surface area contributed by atoms with Crippen LogP contribution >= 0.6 is 0 Å². The van der Waals surface area contributed by atoms with E-state index < -0.39 is 18.5 Å². The van der Waals surface area contributed by atoms with Crippen LogP contribution in [0.1, 0.15) is 34.1 Å². The van der Waals surface area contributed by atoms with E-state index in [1.54, 1.807) is 39.8 Å². The molecule has 128 valence electrons. The largest absolute Gasteiger partial charge is 0.494 e. The number of carboxylic acid groups (broad SMARTS) is 1. The maximum atomic E-state index is 11.3. The van der Waals surface area contributed by atoms with Crippen LogP contribution in [0.4, 0.5) is 0 Å². The number of carboxylic acids is 1. The van der Waals surface area contributed by atoms with Crippen molar-refractivity contribution in [1.82, 2.24) is 0 Å². The number of allylic oxidation sites excluding steroid dienone is 1. The van der Waals surface area contributed by atoms with Gasteiger partial charge in [-0.1, -0.05) is 25.1 Å². The summed E-state index contributed by atoms with van der Waals surface area (Å²) in [5.41, 5.74) is 0. The fraction of sp³-hybridized carbons (Fsp3) is 0.471. The molecule has 1 aromatic carbocycles. The van der Waals surface area contributed by atoms with Crippen molar-refractivity contribution in [3.8, 4) is 5.75 Å². The first kappa shape index (κ1) is 18.8. The zero-order valence-electron chi connectivity index (χ0n) is 13.9. The van der Waals surface area contributed by atoms with Gasteiger partial charge in [0.1, 0.15) is 11.5 Å². The Morgan fingerprint density at radius 3 is 2.30 bits per heavy atom. The predicted octanol–water partition coefficient (Wildman–Crippen LogP) is 3.53. The summed E-state index contributed by atoms with van der Waals surface area (Å²) in [5, 5.41) is 9.27. The Bertz CT molecular complexity index is 511. The van der Waals surface area contributed by atoms with Gasteiger partial charge >= 0.3 is 5.97 Å². The van der Waals surface area contributed by atoms with Crippen LogP contribution in [0.15, 0.2) is 41.9 Å². The SMILES string of the molecule is CCO/C(CC)=C(/OC(C)OC(C)Oc1ccccc1)C(=O)O. The molecule has 1 aromatic rings. The fourth-order valence-corrected chi connectivity index (χ4v) is 1.92. The minimum atomic E-state index is -1.19. The molecule has 1 rings (SSSR count). The smallest absolute Gasteiger partial charge is 0.374 e. The highest BCUT2D eigenvalue weighted by atomic mass is 16.8. The van der Waals surface area contributed by atoms with Gasteiger partial charge in [0.25, 0.3) is 0 Å². The van der Waals surface area contributed by atoms with E-state index in [0.29, 0.717) is 18.8 Å². The summed E-state index contributed by atoms with van der Waals surface area (Å²) < 4.78 is 21.8. The van der Waals surface area contributed by atoms with Gasteiger partial charge < -0.3 is 24.1 Å². The zero-order chi connectivity index (χ0) is 17.2. The molecule has 2 atom stereocenters. The summed E-state index contributed by atoms with van der Waals surface area (Å²) in [4.78, 5) is 11.3. The highest BCUT2D eigenvalue weighted by molar-refractivity contribution is 5.84. The van der Waals surface area contributed by atoms with Gasteiger partial charge in [-0.25, -0.2) is 4.79 Å². The summed E-state index contributed by atoms with van der Waals surface area (Å²) in [6.45, 7) is 7.26. The molecular weight excluding hydrogens is 300 g/mol. The van der Waals surface area contributed by atoms with Gasteiger partial charge in [-0.3, -0.25) is 0 Å². The van der Waals surface area contributed by atoms with Crippen molar-refractivity contribution in [2.45, 2.75) is 46.7 Å². The summed E-state index contributed by atoms with van der Waals surface area (Å²) in [6.07, 6.45) is -0.987. The topological polar surface area (TPSA) is 74.2 Å². The lowest BCUT2D eigenvalue weighted by Crippen LogP contribution is -2.26. The molecular formula is C17H24O6. The third-order valence-corrected chi connectivity index (χ3v) is 2.80. The van der Waals surface area contributed by atoms with Crippen LogP contribution in [0.25, 0.3) is 0 Å². The molecule has 0 amide bonds. The second kappa shape index (κ2) is 9.74. The Hall–Kier alpha value is -2.21. The molecule has 0 saturated heterocycles. The van der Waals surface area contributed by atoms with E-state index in [-0.39, 0.29) is 11.5 Å². The molecule has 0 radical (unpaired) electrons. The minimum Gasteiger partial charge on any atom is -0.494 e. The molecule has 0 spiro atoms. The van der Waals surface area contributed by atoms with Crippen molar-refractivity contribution in [3.05, 3.63) is 41.9 Å². The van der Waals surface area contributed by atoms with Crippen LogP contribution in [0.2, 0.25) is 0 Å². The second-order valence-electron chi connectivity index (χ2n) is 4.66. The third kappa shape index (κ3) is 6.61. The maximum absolute atomic E-state index is 11.3. The Morgan fingerprint density at radius 2 is 1.78 bits per heavy atom. The quantitative estimate of drug-likeness (QED) is 0.403. The van der Waals surface area contributed by atoms with Crippen LogP contribution in [0.3, 0.4) is 0 Å². The number of hydrogen-bond donors (Lipinski definition) is 1. The molecule has 0 heterocycles. The van der Waals surface area contributed by atoms with Gasteiger partial charge in [-0.05, 0) is 32.9 Å². The van der Waals surface area contributed by atoms with Crippen molar-refractivity contribution in [2.75, 3.05) is 6.61 Å². The van der Waals surface area contributed by atoms with E-state index in [0.717, 1.165) is 0 Å². The lowest BCUT2D eigenvalue weighted by atomic mass is 10.3. The molecule has 0 saturated carbocycles. The van der Waals surface area contributed by atoms with E-state index >= 15 is 0 Å². The minimum absolute atomic E-state index is 0.242. The molecule has 23 heavy (non-hydrogen) atoms. The molecule has 0 fully saturated rings. The lowest BCUT2D eigenvalue weighted by Gasteiger charge is -2.22. The number of aliphatic carboxylic acids is 1. The lowest BCUT2D eigenvalue weighted by molar-refractivity contribution is -0.195. The zero-order valence-corrected chi connectivity index (χ0v) is 13.9. The van der Waals surface area contributed by atoms with Gasteiger partial charge in [0.2, 0.25) is 18.3 Å². The number of rotatable bonds is 10.